The van der Waals surface area contributed by atoms with Crippen LogP contribution < -0.4 is 4.72 Å². The van der Waals surface area contributed by atoms with Crippen LogP contribution in [0, 0.1) is 5.92 Å². The molecule has 0 bridgehead atoms. The van der Waals surface area contributed by atoms with Gasteiger partial charge in [-0.3, -0.25) is 4.68 Å². The van der Waals surface area contributed by atoms with Crippen molar-refractivity contribution in [2.24, 2.45) is 5.92 Å². The number of hydrogen-bond donors (Lipinski definition) is 2. The average molecular weight is 275 g/mol. The van der Waals surface area contributed by atoms with Gasteiger partial charge in [0.05, 0.1) is 26.0 Å². The number of rotatable bonds is 6. The maximum atomic E-state index is 11.9. The van der Waals surface area contributed by atoms with Gasteiger partial charge in [0.25, 0.3) is 0 Å². The van der Waals surface area contributed by atoms with E-state index < -0.39 is 10.0 Å². The molecular formula is C10H17N3O4S. The standard InChI is InChI=1S/C10H17N3O4S/c14-3-2-13-7-10(6-11-13)18(15,16)12-5-9-1-4-17-8-9/h6-7,9,12,14H,1-5,8H2. The number of hydrogen-bond acceptors (Lipinski definition) is 5. The van der Waals surface area contributed by atoms with Gasteiger partial charge < -0.3 is 9.84 Å². The molecule has 102 valence electrons. The van der Waals surface area contributed by atoms with E-state index in [1.165, 1.54) is 17.1 Å². The summed E-state index contributed by atoms with van der Waals surface area (Å²) in [5, 5.41) is 12.6. The molecular weight excluding hydrogens is 258 g/mol. The van der Waals surface area contributed by atoms with Gasteiger partial charge in [0.2, 0.25) is 10.0 Å². The van der Waals surface area contributed by atoms with Crippen LogP contribution >= 0.6 is 0 Å². The van der Waals surface area contributed by atoms with E-state index in [4.69, 9.17) is 9.84 Å². The van der Waals surface area contributed by atoms with Crippen molar-refractivity contribution in [3.8, 4) is 0 Å². The van der Waals surface area contributed by atoms with Crippen LogP contribution in [0.15, 0.2) is 17.3 Å². The van der Waals surface area contributed by atoms with E-state index >= 15 is 0 Å². The molecule has 1 fully saturated rings. The predicted molar refractivity (Wildman–Crippen MR) is 63.4 cm³/mol. The molecule has 0 aromatic carbocycles. The maximum absolute atomic E-state index is 11.9. The number of nitrogens with one attached hydrogen (secondary N) is 1. The molecule has 0 radical (unpaired) electrons. The lowest BCUT2D eigenvalue weighted by Gasteiger charge is -2.08. The monoisotopic (exact) mass is 275 g/mol. The zero-order valence-electron chi connectivity index (χ0n) is 9.95. The molecule has 1 unspecified atom stereocenters. The van der Waals surface area contributed by atoms with E-state index in [2.05, 4.69) is 9.82 Å². The van der Waals surface area contributed by atoms with Gasteiger partial charge in [0.1, 0.15) is 4.90 Å². The van der Waals surface area contributed by atoms with E-state index in [9.17, 15) is 8.42 Å². The lowest BCUT2D eigenvalue weighted by atomic mass is 10.1. The van der Waals surface area contributed by atoms with Crippen LogP contribution in [0.1, 0.15) is 6.42 Å². The maximum Gasteiger partial charge on any atom is 0.243 e. The highest BCUT2D eigenvalue weighted by molar-refractivity contribution is 7.89. The van der Waals surface area contributed by atoms with Crippen molar-refractivity contribution < 1.29 is 18.3 Å². The van der Waals surface area contributed by atoms with E-state index in [1.54, 1.807) is 0 Å². The first-order valence-electron chi connectivity index (χ1n) is 5.82. The molecule has 7 nitrogen and oxygen atoms in total. The molecule has 1 saturated heterocycles. The third-order valence-electron chi connectivity index (χ3n) is 2.83. The van der Waals surface area contributed by atoms with Gasteiger partial charge in [-0.25, -0.2) is 13.1 Å². The Bertz CT molecular complexity index is 479. The lowest BCUT2D eigenvalue weighted by molar-refractivity contribution is 0.186. The second kappa shape index (κ2) is 5.79. The topological polar surface area (TPSA) is 93.5 Å². The second-order valence-electron chi connectivity index (χ2n) is 4.24. The minimum Gasteiger partial charge on any atom is -0.394 e. The highest BCUT2D eigenvalue weighted by Gasteiger charge is 2.21. The van der Waals surface area contributed by atoms with Crippen molar-refractivity contribution in [1.82, 2.24) is 14.5 Å². The van der Waals surface area contributed by atoms with Gasteiger partial charge in [0, 0.05) is 19.3 Å². The fourth-order valence-electron chi connectivity index (χ4n) is 1.76. The van der Waals surface area contributed by atoms with Crippen molar-refractivity contribution in [2.45, 2.75) is 17.9 Å². The number of ether oxygens (including phenoxy) is 1. The minimum atomic E-state index is -3.52. The fraction of sp³-hybridized carbons (Fsp3) is 0.700. The molecule has 1 atom stereocenters. The van der Waals surface area contributed by atoms with Crippen LogP contribution in [0.2, 0.25) is 0 Å². The Morgan fingerprint density at radius 3 is 3.11 bits per heavy atom. The second-order valence-corrected chi connectivity index (χ2v) is 6.01. The van der Waals surface area contributed by atoms with Gasteiger partial charge in [0.15, 0.2) is 0 Å². The summed E-state index contributed by atoms with van der Waals surface area (Å²) in [7, 11) is -3.52. The summed E-state index contributed by atoms with van der Waals surface area (Å²) in [6.45, 7) is 1.89. The molecule has 0 amide bonds. The molecule has 0 saturated carbocycles. The molecule has 8 heteroatoms. The van der Waals surface area contributed by atoms with Crippen molar-refractivity contribution >= 4 is 10.0 Å². The van der Waals surface area contributed by atoms with Crippen LogP contribution in [-0.4, -0.2) is 49.7 Å². The van der Waals surface area contributed by atoms with Gasteiger partial charge in [-0.2, -0.15) is 5.10 Å². The zero-order chi connectivity index (χ0) is 13.0. The first-order chi connectivity index (χ1) is 8.62. The minimum absolute atomic E-state index is 0.0754. The molecule has 2 rings (SSSR count). The number of aromatic nitrogens is 2. The number of sulfonamides is 1. The first-order valence-corrected chi connectivity index (χ1v) is 7.31. The molecule has 2 N–H and O–H groups in total. The first kappa shape index (κ1) is 13.5. The zero-order valence-corrected chi connectivity index (χ0v) is 10.8. The highest BCUT2D eigenvalue weighted by Crippen LogP contribution is 2.13. The third-order valence-corrected chi connectivity index (χ3v) is 4.21. The highest BCUT2D eigenvalue weighted by atomic mass is 32.2. The fourth-order valence-corrected chi connectivity index (χ4v) is 2.83. The summed E-state index contributed by atoms with van der Waals surface area (Å²) < 4.78 is 33.0. The molecule has 0 aliphatic carbocycles. The number of nitrogens with zero attached hydrogens (tertiary/aromatic N) is 2. The lowest BCUT2D eigenvalue weighted by Crippen LogP contribution is -2.29. The van der Waals surface area contributed by atoms with Crippen molar-refractivity contribution in [2.75, 3.05) is 26.4 Å². The molecule has 1 aliphatic heterocycles. The summed E-state index contributed by atoms with van der Waals surface area (Å²) in [4.78, 5) is 0.120. The Labute approximate surface area is 106 Å². The van der Waals surface area contributed by atoms with Gasteiger partial charge in [-0.15, -0.1) is 0 Å². The summed E-state index contributed by atoms with van der Waals surface area (Å²) in [6.07, 6.45) is 3.57. The summed E-state index contributed by atoms with van der Waals surface area (Å²) in [5.74, 6) is 0.243. The Balaban J connectivity index is 1.95. The van der Waals surface area contributed by atoms with Crippen LogP contribution in [0.3, 0.4) is 0 Å². The Kier molecular flexibility index (Phi) is 4.33. The number of aliphatic hydroxyl groups is 1. The number of aliphatic hydroxyl groups excluding tert-OH is 1. The molecule has 0 spiro atoms. The van der Waals surface area contributed by atoms with Crippen molar-refractivity contribution in [3.63, 3.8) is 0 Å². The Morgan fingerprint density at radius 2 is 2.44 bits per heavy atom. The van der Waals surface area contributed by atoms with Crippen molar-refractivity contribution in [1.29, 1.82) is 0 Å². The van der Waals surface area contributed by atoms with Gasteiger partial charge in [-0.05, 0) is 12.3 Å². The normalized spacial score (nSPS) is 20.4. The van der Waals surface area contributed by atoms with Gasteiger partial charge >= 0.3 is 0 Å². The SMILES string of the molecule is O=S(=O)(NCC1CCOC1)c1cnn(CCO)c1. The van der Waals surface area contributed by atoms with Crippen molar-refractivity contribution in [3.05, 3.63) is 12.4 Å². The largest absolute Gasteiger partial charge is 0.394 e. The molecule has 1 aliphatic rings. The summed E-state index contributed by atoms with van der Waals surface area (Å²) >= 11 is 0. The van der Waals surface area contributed by atoms with Crippen LogP contribution in [0.4, 0.5) is 0 Å². The van der Waals surface area contributed by atoms with E-state index in [-0.39, 0.29) is 24.0 Å². The summed E-state index contributed by atoms with van der Waals surface area (Å²) in [6, 6.07) is 0. The van der Waals surface area contributed by atoms with Crippen LogP contribution in [0.5, 0.6) is 0 Å². The quantitative estimate of drug-likeness (QED) is 0.708. The van der Waals surface area contributed by atoms with Crippen LogP contribution in [0.25, 0.3) is 0 Å². The third kappa shape index (κ3) is 3.29. The van der Waals surface area contributed by atoms with E-state index in [1.807, 2.05) is 0 Å². The Morgan fingerprint density at radius 1 is 1.61 bits per heavy atom. The predicted octanol–water partition coefficient (Wildman–Crippen LogP) is -0.810. The molecule has 1 aromatic rings. The average Bonchev–Trinajstić information content (AvgIpc) is 2.98. The van der Waals surface area contributed by atoms with E-state index in [0.717, 1.165) is 6.42 Å². The summed E-state index contributed by atoms with van der Waals surface area (Å²) in [5.41, 5.74) is 0. The van der Waals surface area contributed by atoms with Crippen LogP contribution in [-0.2, 0) is 21.3 Å². The smallest absolute Gasteiger partial charge is 0.243 e. The van der Waals surface area contributed by atoms with E-state index in [0.29, 0.717) is 19.8 Å². The molecule has 1 aromatic heterocycles. The van der Waals surface area contributed by atoms with Gasteiger partial charge in [-0.1, -0.05) is 0 Å². The molecule has 2 heterocycles. The molecule has 18 heavy (non-hydrogen) atoms. The Hall–Kier alpha value is -0.960.